The van der Waals surface area contributed by atoms with Crippen molar-refractivity contribution in [3.8, 4) is 0 Å². The van der Waals surface area contributed by atoms with Gasteiger partial charge in [-0.2, -0.15) is 0 Å². The van der Waals surface area contributed by atoms with Gasteiger partial charge in [0.15, 0.2) is 0 Å². The third-order valence-corrected chi connectivity index (χ3v) is 3.96. The molecule has 286 valence electrons. The summed E-state index contributed by atoms with van der Waals surface area (Å²) in [6.07, 6.45) is 0.793. The van der Waals surface area contributed by atoms with Crippen molar-refractivity contribution >= 4 is 5.69 Å². The quantitative estimate of drug-likeness (QED) is 0.399. The molecular formula is C17H20N2V36-8. The Balaban J connectivity index is -0.00000000337. The minimum absolute atomic E-state index is 0. The fourth-order valence-electron chi connectivity index (χ4n) is 2.68. The molecule has 1 aromatic rings. The van der Waals surface area contributed by atoms with Crippen LogP contribution in [0.5, 0.6) is 0 Å². The topological polar surface area (TPSA) is 6.48 Å². The molecule has 0 saturated heterocycles. The van der Waals surface area contributed by atoms with Gasteiger partial charge in [-0.25, -0.2) is 11.3 Å². The molecule has 0 aliphatic carbocycles. The van der Waals surface area contributed by atoms with Crippen LogP contribution >= 0.6 is 0 Å². The second-order valence-electron chi connectivity index (χ2n) is 5.14. The molecule has 0 fully saturated rings. The van der Waals surface area contributed by atoms with E-state index in [2.05, 4.69) is 55.8 Å². The first kappa shape index (κ1) is 258. The number of benzene rings is 1. The van der Waals surface area contributed by atoms with E-state index < -0.39 is 0 Å². The van der Waals surface area contributed by atoms with E-state index in [1.165, 1.54) is 0 Å². The number of hydrogen-bond donors (Lipinski definition) is 0. The fourth-order valence-corrected chi connectivity index (χ4v) is 2.68. The van der Waals surface area contributed by atoms with Crippen LogP contribution in [0.25, 0.3) is 0 Å². The van der Waals surface area contributed by atoms with E-state index >= 15 is 0 Å². The van der Waals surface area contributed by atoms with Crippen LogP contribution in [0.3, 0.4) is 0 Å². The van der Waals surface area contributed by atoms with Gasteiger partial charge in [0.05, 0.1) is 0 Å². The van der Waals surface area contributed by atoms with E-state index in [0.717, 1.165) is 39.9 Å². The van der Waals surface area contributed by atoms with Crippen molar-refractivity contribution in [1.29, 1.82) is 0 Å². The molecule has 1 aromatic carbocycles. The first-order valence-corrected chi connectivity index (χ1v) is 6.12. The Morgan fingerprint density at radius 2 is 0.527 bits per heavy atom. The van der Waals surface area contributed by atoms with Gasteiger partial charge in [-0.1, -0.05) is 12.5 Å². The summed E-state index contributed by atoms with van der Waals surface area (Å²) in [4.78, 5) is 3.58. The van der Waals surface area contributed by atoms with Gasteiger partial charge in [-0.3, -0.25) is 40.3 Å². The SMILES string of the molecule is [CH2-]c1c([CH2-])c([CH2-])c2c(c1[CH2-])C(N([CH2-])[CH2-])CC([CH2-])N2[CH2-].[V].[V].[V].[V].[V].[V].[V].[V].[V].[V].[V].[V].[V].[V].[V].[V].[V].[V].[V].[V].[V].[V].[V].[V].[V].[V].[V].[V].[V].[V].[V].[V].[V].[V].[V].[V]. The van der Waals surface area contributed by atoms with Crippen LogP contribution in [-0.2, 0) is 668 Å². The molecule has 1 aliphatic rings. The Bertz CT molecular complexity index is 554. The molecule has 0 N–H and O–H groups in total. The fraction of sp³-hybridized carbons (Fsp3) is 0.176. The predicted octanol–water partition coefficient (Wildman–Crippen LogP) is 3.46. The van der Waals surface area contributed by atoms with Crippen LogP contribution in [0, 0.1) is 55.8 Å². The Morgan fingerprint density at radius 1 is 0.345 bits per heavy atom. The van der Waals surface area contributed by atoms with E-state index in [0.29, 0.717) is 0 Å². The van der Waals surface area contributed by atoms with Gasteiger partial charge in [-0.05, 0) is 0 Å². The summed E-state index contributed by atoms with van der Waals surface area (Å²) in [6.45, 7) is 20.5. The molecule has 1 aliphatic heterocycles. The molecule has 0 spiro atoms. The minimum Gasteiger partial charge on any atom is -0.619 e. The van der Waals surface area contributed by atoms with Crippen LogP contribution < -0.4 is 4.90 Å². The molecule has 36 radical (unpaired) electrons. The second-order valence-corrected chi connectivity index (χ2v) is 5.14. The zero-order valence-electron chi connectivity index (χ0n) is 27.5. The Labute approximate surface area is 766 Å². The van der Waals surface area contributed by atoms with Gasteiger partial charge in [-0.15, -0.1) is 6.04 Å². The smallest absolute Gasteiger partial charge is 0 e. The first-order valence-electron chi connectivity index (χ1n) is 6.12. The van der Waals surface area contributed by atoms with Crippen molar-refractivity contribution in [3.05, 3.63) is 83.6 Å². The second kappa shape index (κ2) is 151. The summed E-state index contributed by atoms with van der Waals surface area (Å²) in [5.41, 5.74) is 5.33. The van der Waals surface area contributed by atoms with E-state index in [1.807, 2.05) is 4.90 Å². The molecule has 0 aromatic heterocycles. The first-order chi connectivity index (χ1) is 8.77. The maximum Gasteiger partial charge on any atom is 0 e. The van der Waals surface area contributed by atoms with Gasteiger partial charge >= 0.3 is 0 Å². The number of nitrogens with zero attached hydrogens (tertiary/aromatic N) is 2. The van der Waals surface area contributed by atoms with Gasteiger partial charge in [0.25, 0.3) is 0 Å². The monoisotopic (exact) mass is 2090 g/mol. The van der Waals surface area contributed by atoms with E-state index in [1.54, 1.807) is 4.90 Å². The van der Waals surface area contributed by atoms with Crippen LogP contribution in [0.2, 0.25) is 0 Å². The molecule has 0 saturated carbocycles. The van der Waals surface area contributed by atoms with E-state index in [4.69, 9.17) is 0 Å². The number of fused-ring (bicyclic) bond motifs is 1. The summed E-state index contributed by atoms with van der Waals surface area (Å²) < 4.78 is 0. The Kier molecular flexibility index (Phi) is 710. The Morgan fingerprint density at radius 3 is 0.709 bits per heavy atom. The average molecular weight is 2090 g/mol. The summed E-state index contributed by atoms with van der Waals surface area (Å²) in [5.74, 6) is 0. The Hall–Kier alpha value is 19.5. The molecule has 38 heteroatoms. The van der Waals surface area contributed by atoms with E-state index in [-0.39, 0.29) is 680 Å². The van der Waals surface area contributed by atoms with Crippen LogP contribution in [0.1, 0.15) is 40.3 Å². The molecule has 0 bridgehead atoms. The van der Waals surface area contributed by atoms with Crippen molar-refractivity contribution in [2.75, 3.05) is 4.90 Å². The van der Waals surface area contributed by atoms with E-state index in [9.17, 15) is 0 Å². The maximum absolute atomic E-state index is 4.14. The largest absolute Gasteiger partial charge is 0.619 e. The number of anilines is 1. The third-order valence-electron chi connectivity index (χ3n) is 3.96. The van der Waals surface area contributed by atoms with Crippen molar-refractivity contribution in [1.82, 2.24) is 4.90 Å². The molecule has 55 heavy (non-hydrogen) atoms. The summed E-state index contributed by atoms with van der Waals surface area (Å²) >= 11 is 0. The molecule has 2 atom stereocenters. The third kappa shape index (κ3) is 93.2. The van der Waals surface area contributed by atoms with Crippen LogP contribution in [0.4, 0.5) is 5.69 Å². The predicted molar refractivity (Wildman–Crippen MR) is 81.2 cm³/mol. The van der Waals surface area contributed by atoms with Gasteiger partial charge in [0, 0.05) is 668 Å². The molecule has 0 amide bonds. The van der Waals surface area contributed by atoms with Crippen molar-refractivity contribution in [2.45, 2.75) is 18.5 Å². The molecule has 1 heterocycles. The standard InChI is InChI=1S/C17H20N2.36V/c1-10-9-15(18(6)7)16-13(4)11(2)12(3)14(5)17(16)19(10)8;;;;;;;;;;;;;;;;;;;;;;;;;;;;;;;;;;;;/h10,15H,1-9H2;;;;;;;;;;;;;;;;;;;;;;;;;;;;;;;;;;;;/q-8;;;;;;;;;;;;;;;;;;;;;;;;;;;;;;;;;;;;. The number of hydrogen-bond acceptors (Lipinski definition) is 2. The minimum atomic E-state index is 0. The molecule has 2 nitrogen and oxygen atoms in total. The summed E-state index contributed by atoms with van der Waals surface area (Å²) in [5, 5.41) is 0. The zero-order chi connectivity index (χ0) is 14.5. The summed E-state index contributed by atoms with van der Waals surface area (Å²) in [7, 11) is 11.9. The van der Waals surface area contributed by atoms with Gasteiger partial charge < -0.3 is 47.5 Å². The molecular weight excluding hydrogens is 2070 g/mol. The normalized spacial score (nSPS) is 7.84. The average Bonchev–Trinajstić information content (AvgIpc) is 2.36. The summed E-state index contributed by atoms with van der Waals surface area (Å²) in [6, 6.07) is 0.0862. The number of rotatable bonds is 1. The van der Waals surface area contributed by atoms with Gasteiger partial charge in [0.1, 0.15) is 0 Å². The van der Waals surface area contributed by atoms with Gasteiger partial charge in [0.2, 0.25) is 0 Å². The maximum atomic E-state index is 4.14. The van der Waals surface area contributed by atoms with Crippen molar-refractivity contribution < 1.29 is 668 Å². The zero-order valence-corrected chi connectivity index (χ0v) is 77.8. The molecule has 2 rings (SSSR count). The molecule has 2 unspecified atom stereocenters. The van der Waals surface area contributed by atoms with Crippen molar-refractivity contribution in [2.24, 2.45) is 0 Å². The van der Waals surface area contributed by atoms with Crippen molar-refractivity contribution in [3.63, 3.8) is 0 Å². The van der Waals surface area contributed by atoms with Crippen LogP contribution in [-0.4, -0.2) is 10.9 Å². The van der Waals surface area contributed by atoms with Crippen LogP contribution in [0.15, 0.2) is 0 Å².